The topological polar surface area (TPSA) is 43.1 Å². The number of carbonyl (C=O) groups is 1. The Bertz CT molecular complexity index is 465. The van der Waals surface area contributed by atoms with Crippen molar-refractivity contribution >= 4 is 5.78 Å². The zero-order valence-electron chi connectivity index (χ0n) is 18.8. The Morgan fingerprint density at radius 1 is 1.00 bits per heavy atom. The van der Waals surface area contributed by atoms with Gasteiger partial charge in [0.1, 0.15) is 5.78 Å². The normalized spacial score (nSPS) is 11.2. The van der Waals surface area contributed by atoms with Gasteiger partial charge in [0.2, 0.25) is 0 Å². The molecular weight excluding hydrogens is 318 g/mol. The van der Waals surface area contributed by atoms with Crippen LogP contribution in [0.25, 0.3) is 0 Å². The van der Waals surface area contributed by atoms with Crippen molar-refractivity contribution in [1.82, 2.24) is 0 Å². The molecular formula is C24H45NO. The molecule has 1 rings (SSSR count). The third kappa shape index (κ3) is 15.1. The zero-order valence-corrected chi connectivity index (χ0v) is 18.8. The molecule has 152 valence electrons. The van der Waals surface area contributed by atoms with Crippen LogP contribution >= 0.6 is 0 Å². The Kier molecular flexibility index (Phi) is 18.0. The maximum Gasteiger partial charge on any atom is 0.149 e. The van der Waals surface area contributed by atoms with Crippen molar-refractivity contribution in [1.29, 1.82) is 0 Å². The molecule has 26 heavy (non-hydrogen) atoms. The molecule has 1 unspecified atom stereocenters. The summed E-state index contributed by atoms with van der Waals surface area (Å²) in [7, 11) is 0. The monoisotopic (exact) mass is 363 g/mol. The molecule has 0 radical (unpaired) electrons. The van der Waals surface area contributed by atoms with Crippen molar-refractivity contribution in [2.75, 3.05) is 6.54 Å². The summed E-state index contributed by atoms with van der Waals surface area (Å²) in [4.78, 5) is 10.6. The molecule has 0 bridgehead atoms. The first-order valence-electron chi connectivity index (χ1n) is 10.5. The van der Waals surface area contributed by atoms with E-state index in [0.717, 1.165) is 18.8 Å². The van der Waals surface area contributed by atoms with E-state index in [9.17, 15) is 4.79 Å². The first kappa shape index (κ1) is 27.1. The van der Waals surface area contributed by atoms with Crippen molar-refractivity contribution in [3.8, 4) is 0 Å². The molecule has 1 aromatic rings. The molecule has 0 fully saturated rings. The Morgan fingerprint density at radius 2 is 1.62 bits per heavy atom. The van der Waals surface area contributed by atoms with Crippen LogP contribution in [-0.2, 0) is 11.2 Å². The number of aryl methyl sites for hydroxylation is 3. The number of hydrogen-bond acceptors (Lipinski definition) is 2. The van der Waals surface area contributed by atoms with Gasteiger partial charge < -0.3 is 5.73 Å². The van der Waals surface area contributed by atoms with E-state index >= 15 is 0 Å². The van der Waals surface area contributed by atoms with E-state index in [1.165, 1.54) is 42.4 Å². The van der Waals surface area contributed by atoms with Gasteiger partial charge in [-0.2, -0.15) is 0 Å². The van der Waals surface area contributed by atoms with Gasteiger partial charge in [-0.05, 0) is 49.3 Å². The maximum atomic E-state index is 10.6. The number of hydrogen-bond donors (Lipinski definition) is 1. The van der Waals surface area contributed by atoms with Gasteiger partial charge in [0, 0.05) is 5.92 Å². The highest BCUT2D eigenvalue weighted by molar-refractivity contribution is 5.82. The zero-order chi connectivity index (χ0) is 20.5. The number of rotatable bonds is 8. The van der Waals surface area contributed by atoms with Gasteiger partial charge in [-0.3, -0.25) is 4.79 Å². The van der Waals surface area contributed by atoms with Crippen molar-refractivity contribution in [2.24, 2.45) is 17.6 Å². The third-order valence-electron chi connectivity index (χ3n) is 4.73. The van der Waals surface area contributed by atoms with Gasteiger partial charge >= 0.3 is 0 Å². The molecule has 2 heteroatoms. The summed E-state index contributed by atoms with van der Waals surface area (Å²) < 4.78 is 0. The molecule has 2 N–H and O–H groups in total. The van der Waals surface area contributed by atoms with Crippen LogP contribution in [0.5, 0.6) is 0 Å². The van der Waals surface area contributed by atoms with Crippen LogP contribution in [0, 0.1) is 25.7 Å². The molecule has 0 heterocycles. The second-order valence-electron chi connectivity index (χ2n) is 7.64. The molecule has 1 aromatic carbocycles. The summed E-state index contributed by atoms with van der Waals surface area (Å²) in [5.74, 6) is 1.22. The summed E-state index contributed by atoms with van der Waals surface area (Å²) in [6.45, 7) is 17.4. The van der Waals surface area contributed by atoms with Crippen molar-refractivity contribution in [3.05, 3.63) is 34.9 Å². The fourth-order valence-corrected chi connectivity index (χ4v) is 2.25. The van der Waals surface area contributed by atoms with Crippen LogP contribution in [0.4, 0.5) is 0 Å². The first-order chi connectivity index (χ1) is 12.2. The average molecular weight is 364 g/mol. The van der Waals surface area contributed by atoms with E-state index in [-0.39, 0.29) is 18.2 Å². The Balaban J connectivity index is 0. The van der Waals surface area contributed by atoms with Crippen LogP contribution < -0.4 is 5.73 Å². The van der Waals surface area contributed by atoms with E-state index in [1.54, 1.807) is 0 Å². The standard InChI is InChI=1S/C10H14.C8H18.C6H13NO/c1-4-10-6-5-8(2)9(3)7-10;1-4-5-6-7-8(2)3;1-3-5(2)6(8)4-7/h5-7H,4H2,1-3H3;8H,4-7H2,1-3H3;5H,3-4,7H2,1-2H3. The van der Waals surface area contributed by atoms with Gasteiger partial charge in [0.05, 0.1) is 6.54 Å². The molecule has 0 aliphatic heterocycles. The van der Waals surface area contributed by atoms with E-state index in [4.69, 9.17) is 5.73 Å². The number of nitrogens with two attached hydrogens (primary N) is 1. The summed E-state index contributed by atoms with van der Waals surface area (Å²) in [5, 5.41) is 0. The summed E-state index contributed by atoms with van der Waals surface area (Å²) >= 11 is 0. The molecule has 0 saturated heterocycles. The Hall–Kier alpha value is -1.15. The SMILES string of the molecule is CCC(C)C(=O)CN.CCCCCC(C)C.CCc1ccc(C)c(C)c1. The van der Waals surface area contributed by atoms with Crippen molar-refractivity contribution in [2.45, 2.75) is 93.9 Å². The lowest BCUT2D eigenvalue weighted by molar-refractivity contribution is -0.121. The average Bonchev–Trinajstić information content (AvgIpc) is 2.63. The predicted octanol–water partition coefficient (Wildman–Crippen LogP) is 6.65. The second kappa shape index (κ2) is 17.3. The lowest BCUT2D eigenvalue weighted by Gasteiger charge is -2.01. The van der Waals surface area contributed by atoms with Gasteiger partial charge in [-0.25, -0.2) is 0 Å². The summed E-state index contributed by atoms with van der Waals surface area (Å²) in [6.07, 6.45) is 7.64. The number of carbonyl (C=O) groups excluding carboxylic acids is 1. The minimum atomic E-state index is 0.153. The summed E-state index contributed by atoms with van der Waals surface area (Å²) in [6, 6.07) is 6.64. The van der Waals surface area contributed by atoms with Crippen LogP contribution in [0.15, 0.2) is 18.2 Å². The van der Waals surface area contributed by atoms with Gasteiger partial charge in [0.15, 0.2) is 0 Å². The lowest BCUT2D eigenvalue weighted by Crippen LogP contribution is -2.20. The molecule has 1 atom stereocenters. The van der Waals surface area contributed by atoms with Gasteiger partial charge in [-0.1, -0.05) is 85.4 Å². The largest absolute Gasteiger partial charge is 0.324 e. The van der Waals surface area contributed by atoms with Crippen LogP contribution in [0.1, 0.15) is 90.3 Å². The fraction of sp³-hybridized carbons (Fsp3) is 0.708. The highest BCUT2D eigenvalue weighted by Crippen LogP contribution is 2.09. The van der Waals surface area contributed by atoms with E-state index < -0.39 is 0 Å². The molecule has 0 amide bonds. The second-order valence-corrected chi connectivity index (χ2v) is 7.64. The van der Waals surface area contributed by atoms with Crippen LogP contribution in [-0.4, -0.2) is 12.3 Å². The van der Waals surface area contributed by atoms with Crippen LogP contribution in [0.2, 0.25) is 0 Å². The van der Waals surface area contributed by atoms with Gasteiger partial charge in [0.25, 0.3) is 0 Å². The highest BCUT2D eigenvalue weighted by atomic mass is 16.1. The molecule has 0 aliphatic rings. The van der Waals surface area contributed by atoms with Crippen LogP contribution in [0.3, 0.4) is 0 Å². The summed E-state index contributed by atoms with van der Waals surface area (Å²) in [5.41, 5.74) is 9.32. The highest BCUT2D eigenvalue weighted by Gasteiger charge is 2.06. The van der Waals surface area contributed by atoms with Crippen molar-refractivity contribution in [3.63, 3.8) is 0 Å². The number of Topliss-reactive ketones (excluding diaryl/α,β-unsaturated/α-hetero) is 1. The minimum Gasteiger partial charge on any atom is -0.324 e. The molecule has 0 spiro atoms. The predicted molar refractivity (Wildman–Crippen MR) is 118 cm³/mol. The van der Waals surface area contributed by atoms with E-state index in [0.29, 0.717) is 0 Å². The Labute approximate surface area is 164 Å². The number of ketones is 1. The van der Waals surface area contributed by atoms with E-state index in [2.05, 4.69) is 59.7 Å². The minimum absolute atomic E-state index is 0.153. The first-order valence-corrected chi connectivity index (χ1v) is 10.5. The lowest BCUT2D eigenvalue weighted by atomic mass is 10.0. The number of unbranched alkanes of at least 4 members (excludes halogenated alkanes) is 2. The quantitative estimate of drug-likeness (QED) is 0.525. The molecule has 0 aromatic heterocycles. The number of benzene rings is 1. The third-order valence-corrected chi connectivity index (χ3v) is 4.73. The van der Waals surface area contributed by atoms with Gasteiger partial charge in [-0.15, -0.1) is 0 Å². The smallest absolute Gasteiger partial charge is 0.149 e. The molecule has 2 nitrogen and oxygen atoms in total. The maximum absolute atomic E-state index is 10.6. The van der Waals surface area contributed by atoms with Crippen molar-refractivity contribution < 1.29 is 4.79 Å². The molecule has 0 aliphatic carbocycles. The molecule has 0 saturated carbocycles. The van der Waals surface area contributed by atoms with E-state index in [1.807, 2.05) is 13.8 Å². The fourth-order valence-electron chi connectivity index (χ4n) is 2.25. The Morgan fingerprint density at radius 3 is 1.96 bits per heavy atom.